The molecule has 3 rings (SSSR count). The number of benzene rings is 2. The number of rotatable bonds is 2. The molecule has 1 aliphatic rings. The predicted octanol–water partition coefficient (Wildman–Crippen LogP) is 4.13. The van der Waals surface area contributed by atoms with Crippen LogP contribution in [0.5, 0.6) is 11.5 Å². The van der Waals surface area contributed by atoms with E-state index in [0.717, 1.165) is 4.47 Å². The van der Waals surface area contributed by atoms with E-state index < -0.39 is 0 Å². The fraction of sp³-hybridized carbons (Fsp3) is 0.133. The Hall–Kier alpha value is -1.72. The number of halogens is 2. The average Bonchev–Trinajstić information content (AvgIpc) is 2.50. The highest BCUT2D eigenvalue weighted by atomic mass is 79.9. The van der Waals surface area contributed by atoms with E-state index in [1.807, 2.05) is 0 Å². The zero-order valence-electron chi connectivity index (χ0n) is 10.9. The number of fused-ring (bicyclic) bond motifs is 1. The second-order valence-electron chi connectivity index (χ2n) is 4.41. The van der Waals surface area contributed by atoms with E-state index in [2.05, 4.69) is 21.2 Å². The molecule has 0 bridgehead atoms. The summed E-state index contributed by atoms with van der Waals surface area (Å²) in [7, 11) is 0. The van der Waals surface area contributed by atoms with Gasteiger partial charge in [-0.15, -0.1) is 0 Å². The maximum Gasteiger partial charge on any atom is 0.259 e. The number of carbonyl (C=O) groups is 1. The molecule has 1 N–H and O–H groups in total. The Balaban J connectivity index is 1.91. The van der Waals surface area contributed by atoms with Gasteiger partial charge >= 0.3 is 0 Å². The maximum atomic E-state index is 12.4. The molecule has 0 unspecified atom stereocenters. The molecular formula is C15H11BrClNO3. The highest BCUT2D eigenvalue weighted by Crippen LogP contribution is 2.34. The van der Waals surface area contributed by atoms with Gasteiger partial charge in [0.1, 0.15) is 13.2 Å². The van der Waals surface area contributed by atoms with Gasteiger partial charge in [0.25, 0.3) is 5.91 Å². The first-order chi connectivity index (χ1) is 10.1. The molecule has 2 aromatic carbocycles. The van der Waals surface area contributed by atoms with Gasteiger partial charge in [0.2, 0.25) is 0 Å². The number of nitrogens with one attached hydrogen (secondary N) is 1. The van der Waals surface area contributed by atoms with Gasteiger partial charge in [-0.05, 0) is 30.3 Å². The van der Waals surface area contributed by atoms with Gasteiger partial charge in [0, 0.05) is 4.47 Å². The van der Waals surface area contributed by atoms with Crippen LogP contribution in [0.2, 0.25) is 5.02 Å². The smallest absolute Gasteiger partial charge is 0.259 e. The maximum absolute atomic E-state index is 12.4. The summed E-state index contributed by atoms with van der Waals surface area (Å²) in [5, 5.41) is 3.25. The molecule has 0 saturated heterocycles. The molecule has 0 aromatic heterocycles. The summed E-state index contributed by atoms with van der Waals surface area (Å²) in [6, 6.07) is 10.5. The zero-order chi connectivity index (χ0) is 14.8. The molecule has 4 nitrogen and oxygen atoms in total. The molecule has 0 spiro atoms. The third-order valence-electron chi connectivity index (χ3n) is 2.99. The number of hydrogen-bond donors (Lipinski definition) is 1. The normalized spacial score (nSPS) is 12.9. The lowest BCUT2D eigenvalue weighted by molar-refractivity contribution is 0.101. The standard InChI is InChI=1S/C15H11BrClNO3/c16-9-4-5-11(17)12(8-9)18-15(19)10-2-1-3-13-14(10)21-7-6-20-13/h1-5,8H,6-7H2,(H,18,19). The average molecular weight is 369 g/mol. The third kappa shape index (κ3) is 2.99. The van der Waals surface area contributed by atoms with Crippen LogP contribution in [-0.4, -0.2) is 19.1 Å². The van der Waals surface area contributed by atoms with Crippen LogP contribution in [0.1, 0.15) is 10.4 Å². The molecule has 0 saturated carbocycles. The SMILES string of the molecule is O=C(Nc1cc(Br)ccc1Cl)c1cccc2c1OCCO2. The monoisotopic (exact) mass is 367 g/mol. The first-order valence-corrected chi connectivity index (χ1v) is 7.47. The molecule has 6 heteroatoms. The van der Waals surface area contributed by atoms with E-state index in [0.29, 0.717) is 41.0 Å². The topological polar surface area (TPSA) is 47.6 Å². The van der Waals surface area contributed by atoms with Crippen molar-refractivity contribution in [1.29, 1.82) is 0 Å². The van der Waals surface area contributed by atoms with Gasteiger partial charge in [-0.3, -0.25) is 4.79 Å². The number of anilines is 1. The van der Waals surface area contributed by atoms with Gasteiger partial charge in [0.15, 0.2) is 11.5 Å². The van der Waals surface area contributed by atoms with Crippen LogP contribution in [0, 0.1) is 0 Å². The van der Waals surface area contributed by atoms with Crippen molar-refractivity contribution in [2.45, 2.75) is 0 Å². The highest BCUT2D eigenvalue weighted by Gasteiger charge is 2.20. The van der Waals surface area contributed by atoms with E-state index in [4.69, 9.17) is 21.1 Å². The van der Waals surface area contributed by atoms with Crippen molar-refractivity contribution in [1.82, 2.24) is 0 Å². The Morgan fingerprint density at radius 1 is 1.19 bits per heavy atom. The summed E-state index contributed by atoms with van der Waals surface area (Å²) in [5.74, 6) is 0.749. The van der Waals surface area contributed by atoms with Gasteiger partial charge in [-0.1, -0.05) is 33.6 Å². The van der Waals surface area contributed by atoms with E-state index >= 15 is 0 Å². The number of para-hydroxylation sites is 1. The summed E-state index contributed by atoms with van der Waals surface area (Å²) >= 11 is 9.43. The largest absolute Gasteiger partial charge is 0.486 e. The molecule has 21 heavy (non-hydrogen) atoms. The minimum atomic E-state index is -0.294. The Bertz CT molecular complexity index is 705. The lowest BCUT2D eigenvalue weighted by atomic mass is 10.1. The number of hydrogen-bond acceptors (Lipinski definition) is 3. The van der Waals surface area contributed by atoms with Crippen molar-refractivity contribution in [2.75, 3.05) is 18.5 Å². The van der Waals surface area contributed by atoms with Gasteiger partial charge in [-0.25, -0.2) is 0 Å². The van der Waals surface area contributed by atoms with Crippen molar-refractivity contribution < 1.29 is 14.3 Å². The van der Waals surface area contributed by atoms with Crippen LogP contribution >= 0.6 is 27.5 Å². The van der Waals surface area contributed by atoms with E-state index in [1.165, 1.54) is 0 Å². The molecule has 1 aliphatic heterocycles. The summed E-state index contributed by atoms with van der Waals surface area (Å²) in [6.45, 7) is 0.907. The fourth-order valence-corrected chi connectivity index (χ4v) is 2.56. The van der Waals surface area contributed by atoms with Crippen molar-refractivity contribution in [3.63, 3.8) is 0 Å². The fourth-order valence-electron chi connectivity index (χ4n) is 2.04. The van der Waals surface area contributed by atoms with Crippen molar-refractivity contribution >= 4 is 39.1 Å². The van der Waals surface area contributed by atoms with Crippen LogP contribution < -0.4 is 14.8 Å². The minimum Gasteiger partial charge on any atom is -0.486 e. The van der Waals surface area contributed by atoms with Crippen LogP contribution in [0.25, 0.3) is 0 Å². The third-order valence-corrected chi connectivity index (χ3v) is 3.81. The second kappa shape index (κ2) is 5.95. The highest BCUT2D eigenvalue weighted by molar-refractivity contribution is 9.10. The summed E-state index contributed by atoms with van der Waals surface area (Å²) in [6.07, 6.45) is 0. The van der Waals surface area contributed by atoms with Crippen molar-refractivity contribution in [2.24, 2.45) is 0 Å². The first kappa shape index (κ1) is 14.2. The Morgan fingerprint density at radius 3 is 2.86 bits per heavy atom. The number of amides is 1. The number of ether oxygens (including phenoxy) is 2. The van der Waals surface area contributed by atoms with Crippen LogP contribution in [-0.2, 0) is 0 Å². The van der Waals surface area contributed by atoms with Crippen LogP contribution in [0.3, 0.4) is 0 Å². The summed E-state index contributed by atoms with van der Waals surface area (Å²) in [5.41, 5.74) is 0.952. The van der Waals surface area contributed by atoms with Gasteiger partial charge in [0.05, 0.1) is 16.3 Å². The van der Waals surface area contributed by atoms with Crippen LogP contribution in [0.4, 0.5) is 5.69 Å². The lowest BCUT2D eigenvalue weighted by Crippen LogP contribution is -2.20. The van der Waals surface area contributed by atoms with E-state index in [-0.39, 0.29) is 5.91 Å². The van der Waals surface area contributed by atoms with Crippen LogP contribution in [0.15, 0.2) is 40.9 Å². The minimum absolute atomic E-state index is 0.294. The quantitative estimate of drug-likeness (QED) is 0.867. The summed E-state index contributed by atoms with van der Waals surface area (Å²) < 4.78 is 11.8. The van der Waals surface area contributed by atoms with E-state index in [1.54, 1.807) is 36.4 Å². The van der Waals surface area contributed by atoms with E-state index in [9.17, 15) is 4.79 Å². The molecule has 0 radical (unpaired) electrons. The molecule has 0 aliphatic carbocycles. The van der Waals surface area contributed by atoms with Gasteiger partial charge in [-0.2, -0.15) is 0 Å². The van der Waals surface area contributed by atoms with Crippen molar-refractivity contribution in [3.8, 4) is 11.5 Å². The molecule has 1 heterocycles. The first-order valence-electron chi connectivity index (χ1n) is 6.30. The molecular weight excluding hydrogens is 358 g/mol. The van der Waals surface area contributed by atoms with Crippen molar-refractivity contribution in [3.05, 3.63) is 51.5 Å². The molecule has 0 atom stereocenters. The summed E-state index contributed by atoms with van der Waals surface area (Å²) in [4.78, 5) is 12.4. The number of carbonyl (C=O) groups excluding carboxylic acids is 1. The lowest BCUT2D eigenvalue weighted by Gasteiger charge is -2.20. The Labute approximate surface area is 135 Å². The molecule has 108 valence electrons. The molecule has 0 fully saturated rings. The Kier molecular flexibility index (Phi) is 4.03. The zero-order valence-corrected chi connectivity index (χ0v) is 13.2. The predicted molar refractivity (Wildman–Crippen MR) is 84.5 cm³/mol. The Morgan fingerprint density at radius 2 is 2.00 bits per heavy atom. The molecule has 1 amide bonds. The molecule has 2 aromatic rings. The van der Waals surface area contributed by atoms with Gasteiger partial charge < -0.3 is 14.8 Å². The second-order valence-corrected chi connectivity index (χ2v) is 5.73.